The molecule has 41 heavy (non-hydrogen) atoms. The van der Waals surface area contributed by atoms with Crippen LogP contribution in [-0.2, 0) is 11.0 Å². The summed E-state index contributed by atoms with van der Waals surface area (Å²) in [5.74, 6) is -0.524. The van der Waals surface area contributed by atoms with Crippen LogP contribution in [0.3, 0.4) is 0 Å². The Morgan fingerprint density at radius 3 is 2.56 bits per heavy atom. The number of ether oxygens (including phenoxy) is 1. The molecule has 10 nitrogen and oxygen atoms in total. The zero-order chi connectivity index (χ0) is 29.1. The third-order valence-electron chi connectivity index (χ3n) is 7.06. The minimum absolute atomic E-state index is 0.0597. The highest BCUT2D eigenvalue weighted by atomic mass is 19.4. The second kappa shape index (κ2) is 11.7. The Kier molecular flexibility index (Phi) is 8.08. The quantitative estimate of drug-likeness (QED) is 0.290. The van der Waals surface area contributed by atoms with Gasteiger partial charge in [-0.15, -0.1) is 0 Å². The van der Waals surface area contributed by atoms with E-state index in [1.165, 1.54) is 31.4 Å². The van der Waals surface area contributed by atoms with Crippen LogP contribution in [0, 0.1) is 5.92 Å². The number of carbonyl (C=O) groups is 1. The highest BCUT2D eigenvalue weighted by molar-refractivity contribution is 5.67. The van der Waals surface area contributed by atoms with E-state index in [0.717, 1.165) is 30.3 Å². The number of aliphatic carboxylic acids is 1. The summed E-state index contributed by atoms with van der Waals surface area (Å²) in [6.45, 7) is 1.76. The first-order valence-electron chi connectivity index (χ1n) is 13.0. The summed E-state index contributed by atoms with van der Waals surface area (Å²) in [6, 6.07) is 12.7. The zero-order valence-corrected chi connectivity index (χ0v) is 22.1. The van der Waals surface area contributed by atoms with Gasteiger partial charge in [-0.25, -0.2) is 4.68 Å². The lowest BCUT2D eigenvalue weighted by Gasteiger charge is -2.33. The molecule has 0 unspecified atom stereocenters. The standard InChI is InChI=1S/C28H28F3N5O5/c1-40-21-10-8-20(9-11-21)36-25(28(29,30)31)22(14-32-36)27-33-26(34-41-27)19-6-4-18(5-7-19)23(37)16-35-12-2-3-17(15-35)13-24(38)39/h4-11,14,17,23,37H,2-3,12-13,15-16H2,1H3,(H,38,39)/t17-,23+/m1/s1. The van der Waals surface area contributed by atoms with E-state index in [-0.39, 0.29) is 35.3 Å². The number of halogens is 3. The number of methoxy groups -OCH3 is 1. The summed E-state index contributed by atoms with van der Waals surface area (Å²) in [5.41, 5.74) is -0.105. The number of piperidine rings is 1. The predicted molar refractivity (Wildman–Crippen MR) is 140 cm³/mol. The predicted octanol–water partition coefficient (Wildman–Crippen LogP) is 4.84. The number of benzene rings is 2. The Morgan fingerprint density at radius 2 is 1.90 bits per heavy atom. The van der Waals surface area contributed by atoms with Gasteiger partial charge in [-0.3, -0.25) is 4.79 Å². The maximum atomic E-state index is 14.1. The van der Waals surface area contributed by atoms with Crippen LogP contribution in [0.1, 0.15) is 36.6 Å². The summed E-state index contributed by atoms with van der Waals surface area (Å²) < 4.78 is 53.4. The van der Waals surface area contributed by atoms with Crippen LogP contribution in [0.15, 0.2) is 59.3 Å². The lowest BCUT2D eigenvalue weighted by Crippen LogP contribution is -2.38. The number of nitrogens with zero attached hydrogens (tertiary/aromatic N) is 5. The minimum atomic E-state index is -4.76. The van der Waals surface area contributed by atoms with E-state index in [1.54, 1.807) is 24.3 Å². The first-order valence-corrected chi connectivity index (χ1v) is 13.0. The van der Waals surface area contributed by atoms with E-state index in [0.29, 0.717) is 30.0 Å². The Hall–Kier alpha value is -4.23. The van der Waals surface area contributed by atoms with Crippen LogP contribution in [0.5, 0.6) is 5.75 Å². The molecule has 0 aliphatic carbocycles. The van der Waals surface area contributed by atoms with E-state index < -0.39 is 23.9 Å². The van der Waals surface area contributed by atoms with Crippen LogP contribution in [0.4, 0.5) is 13.2 Å². The van der Waals surface area contributed by atoms with Crippen molar-refractivity contribution >= 4 is 5.97 Å². The molecule has 0 spiro atoms. The molecule has 2 aromatic carbocycles. The van der Waals surface area contributed by atoms with Crippen molar-refractivity contribution in [3.05, 3.63) is 66.0 Å². The first-order chi connectivity index (χ1) is 19.6. The smallest absolute Gasteiger partial charge is 0.434 e. The van der Waals surface area contributed by atoms with Gasteiger partial charge < -0.3 is 24.4 Å². The number of carboxylic acid groups (broad SMARTS) is 1. The van der Waals surface area contributed by atoms with Crippen molar-refractivity contribution in [3.63, 3.8) is 0 Å². The summed E-state index contributed by atoms with van der Waals surface area (Å²) >= 11 is 0. The number of aliphatic hydroxyl groups excluding tert-OH is 1. The van der Waals surface area contributed by atoms with Crippen LogP contribution >= 0.6 is 0 Å². The molecule has 216 valence electrons. The van der Waals surface area contributed by atoms with Crippen molar-refractivity contribution < 1.29 is 37.4 Å². The fourth-order valence-corrected chi connectivity index (χ4v) is 5.08. The third kappa shape index (κ3) is 6.41. The molecule has 1 aliphatic heterocycles. The van der Waals surface area contributed by atoms with Crippen LogP contribution in [0.25, 0.3) is 28.5 Å². The fraction of sp³-hybridized carbons (Fsp3) is 0.357. The summed E-state index contributed by atoms with van der Waals surface area (Å²) in [5, 5.41) is 27.6. The molecule has 2 atom stereocenters. The summed E-state index contributed by atoms with van der Waals surface area (Å²) in [4.78, 5) is 17.3. The van der Waals surface area contributed by atoms with Gasteiger partial charge in [0.2, 0.25) is 5.82 Å². The van der Waals surface area contributed by atoms with Gasteiger partial charge in [0.1, 0.15) is 5.75 Å². The van der Waals surface area contributed by atoms with Gasteiger partial charge in [0.15, 0.2) is 5.69 Å². The minimum Gasteiger partial charge on any atom is -0.497 e. The Morgan fingerprint density at radius 1 is 1.17 bits per heavy atom. The van der Waals surface area contributed by atoms with Gasteiger partial charge in [-0.2, -0.15) is 23.3 Å². The molecule has 2 N–H and O–H groups in total. The molecule has 4 aromatic rings. The third-order valence-corrected chi connectivity index (χ3v) is 7.06. The SMILES string of the molecule is COc1ccc(-n2ncc(-c3nc(-c4ccc([C@@H](O)CN5CCC[C@H](CC(=O)O)C5)cc4)no3)c2C(F)(F)F)cc1. The molecular weight excluding hydrogens is 543 g/mol. The van der Waals surface area contributed by atoms with E-state index in [2.05, 4.69) is 20.1 Å². The molecule has 3 heterocycles. The number of aromatic nitrogens is 4. The van der Waals surface area contributed by atoms with Gasteiger partial charge in [0, 0.05) is 25.1 Å². The van der Waals surface area contributed by atoms with Crippen molar-refractivity contribution in [3.8, 4) is 34.3 Å². The topological polar surface area (TPSA) is 127 Å². The van der Waals surface area contributed by atoms with Gasteiger partial charge >= 0.3 is 12.1 Å². The second-order valence-corrected chi connectivity index (χ2v) is 9.94. The lowest BCUT2D eigenvalue weighted by molar-refractivity contribution is -0.142. The lowest BCUT2D eigenvalue weighted by atomic mass is 9.94. The average molecular weight is 572 g/mol. The van der Waals surface area contributed by atoms with Crippen molar-refractivity contribution in [2.45, 2.75) is 31.5 Å². The number of carboxylic acids is 1. The number of hydrogen-bond donors (Lipinski definition) is 2. The molecular formula is C28H28F3N5O5. The number of rotatable bonds is 9. The molecule has 0 radical (unpaired) electrons. The number of likely N-dealkylation sites (tertiary alicyclic amines) is 1. The highest BCUT2D eigenvalue weighted by Gasteiger charge is 2.40. The van der Waals surface area contributed by atoms with Crippen LogP contribution in [-0.4, -0.2) is 67.7 Å². The molecule has 5 rings (SSSR count). The number of alkyl halides is 3. The number of β-amino-alcohol motifs (C(OH)–C–C–N with tert-alkyl or cyclic N) is 1. The van der Waals surface area contributed by atoms with Gasteiger partial charge in [0.25, 0.3) is 5.89 Å². The maximum Gasteiger partial charge on any atom is 0.434 e. The first kappa shape index (κ1) is 28.3. The van der Waals surface area contributed by atoms with Crippen molar-refractivity contribution in [2.75, 3.05) is 26.7 Å². The molecule has 1 saturated heterocycles. The normalized spacial score (nSPS) is 17.0. The molecule has 1 aliphatic rings. The molecule has 1 fully saturated rings. The van der Waals surface area contributed by atoms with E-state index >= 15 is 0 Å². The van der Waals surface area contributed by atoms with Crippen LogP contribution < -0.4 is 4.74 Å². The monoisotopic (exact) mass is 571 g/mol. The zero-order valence-electron chi connectivity index (χ0n) is 22.1. The van der Waals surface area contributed by atoms with Gasteiger partial charge in [-0.05, 0) is 55.1 Å². The maximum absolute atomic E-state index is 14.1. The average Bonchev–Trinajstić information content (AvgIpc) is 3.61. The number of aliphatic hydroxyl groups is 1. The largest absolute Gasteiger partial charge is 0.497 e. The van der Waals surface area contributed by atoms with E-state index in [1.807, 2.05) is 0 Å². The van der Waals surface area contributed by atoms with E-state index in [9.17, 15) is 23.1 Å². The Balaban J connectivity index is 1.32. The van der Waals surface area contributed by atoms with E-state index in [4.69, 9.17) is 14.4 Å². The van der Waals surface area contributed by atoms with Crippen molar-refractivity contribution in [1.29, 1.82) is 0 Å². The molecule has 0 bridgehead atoms. The van der Waals surface area contributed by atoms with Crippen LogP contribution in [0.2, 0.25) is 0 Å². The Bertz CT molecular complexity index is 1480. The Labute approximate surface area is 233 Å². The van der Waals surface area contributed by atoms with Crippen molar-refractivity contribution in [2.24, 2.45) is 5.92 Å². The molecule has 0 saturated carbocycles. The second-order valence-electron chi connectivity index (χ2n) is 9.94. The van der Waals surface area contributed by atoms with Gasteiger partial charge in [-0.1, -0.05) is 29.4 Å². The summed E-state index contributed by atoms with van der Waals surface area (Å²) in [7, 11) is 1.46. The number of hydrogen-bond acceptors (Lipinski definition) is 8. The van der Waals surface area contributed by atoms with Gasteiger partial charge in [0.05, 0.1) is 30.7 Å². The fourth-order valence-electron chi connectivity index (χ4n) is 5.08. The molecule has 2 aromatic heterocycles. The molecule has 0 amide bonds. The highest BCUT2D eigenvalue weighted by Crippen LogP contribution is 2.38. The summed E-state index contributed by atoms with van der Waals surface area (Å²) in [6.07, 6.45) is -2.69. The molecule has 13 heteroatoms. The van der Waals surface area contributed by atoms with Crippen molar-refractivity contribution in [1.82, 2.24) is 24.8 Å².